The molecule has 4 N–H and O–H groups in total. The van der Waals surface area contributed by atoms with Crippen molar-refractivity contribution in [2.24, 2.45) is 0 Å². The summed E-state index contributed by atoms with van der Waals surface area (Å²) in [6.07, 6.45) is 4.82. The zero-order valence-corrected chi connectivity index (χ0v) is 9.30. The molecule has 0 aliphatic carbocycles. The quantitative estimate of drug-likeness (QED) is 0.705. The Morgan fingerprint density at radius 3 is 2.88 bits per heavy atom. The summed E-state index contributed by atoms with van der Waals surface area (Å²) in [6, 6.07) is 1.43. The van der Waals surface area contributed by atoms with Gasteiger partial charge in [-0.05, 0) is 11.6 Å². The molecule has 0 fully saturated rings. The molecule has 0 atom stereocenters. The lowest BCUT2D eigenvalue weighted by Crippen LogP contribution is -2.19. The Hall–Kier alpha value is -2.37. The molecular formula is C11H13N3O3. The first-order chi connectivity index (χ1) is 8.00. The number of carbonyl (C=O) groups excluding carboxylic acids is 1. The lowest BCUT2D eigenvalue weighted by atomic mass is 10.2. The number of nitrogens with zero attached hydrogens (tertiary/aromatic N) is 1. The van der Waals surface area contributed by atoms with Crippen molar-refractivity contribution in [2.75, 3.05) is 12.3 Å². The second kappa shape index (κ2) is 5.64. The van der Waals surface area contributed by atoms with E-state index < -0.39 is 5.97 Å². The highest BCUT2D eigenvalue weighted by Crippen LogP contribution is 2.11. The number of carbonyl (C=O) groups is 2. The third kappa shape index (κ3) is 3.94. The molecule has 1 heterocycles. The number of anilines is 1. The number of nitrogens with two attached hydrogens (primary N) is 1. The predicted molar refractivity (Wildman–Crippen MR) is 63.3 cm³/mol. The van der Waals surface area contributed by atoms with E-state index in [0.717, 1.165) is 0 Å². The fourth-order valence-electron chi connectivity index (χ4n) is 1.15. The molecule has 1 rings (SSSR count). The molecule has 1 amide bonds. The minimum atomic E-state index is -1.12. The van der Waals surface area contributed by atoms with Crippen molar-refractivity contribution in [1.82, 2.24) is 10.3 Å². The van der Waals surface area contributed by atoms with Gasteiger partial charge in [0.2, 0.25) is 5.91 Å². The van der Waals surface area contributed by atoms with Crippen LogP contribution in [0.15, 0.2) is 18.3 Å². The van der Waals surface area contributed by atoms with Crippen LogP contribution >= 0.6 is 0 Å². The molecule has 1 aromatic rings. The number of hydrogen-bond donors (Lipinski definition) is 3. The number of pyridine rings is 1. The SMILES string of the molecule is CC(=O)NCC=Cc1cnc(N)c(C(=O)O)c1. The molecule has 0 radical (unpaired) electrons. The first-order valence-corrected chi connectivity index (χ1v) is 4.90. The monoisotopic (exact) mass is 235 g/mol. The summed E-state index contributed by atoms with van der Waals surface area (Å²) in [6.45, 7) is 1.79. The minimum Gasteiger partial charge on any atom is -0.478 e. The molecule has 0 unspecified atom stereocenters. The highest BCUT2D eigenvalue weighted by atomic mass is 16.4. The van der Waals surface area contributed by atoms with Crippen molar-refractivity contribution in [1.29, 1.82) is 0 Å². The minimum absolute atomic E-state index is 0.0171. The lowest BCUT2D eigenvalue weighted by molar-refractivity contribution is -0.118. The molecule has 6 heteroatoms. The molecular weight excluding hydrogens is 222 g/mol. The summed E-state index contributed by atoms with van der Waals surface area (Å²) in [5.41, 5.74) is 5.99. The Bertz CT molecular complexity index is 469. The Balaban J connectivity index is 2.75. The highest BCUT2D eigenvalue weighted by molar-refractivity contribution is 5.93. The number of amides is 1. The van der Waals surface area contributed by atoms with Gasteiger partial charge in [-0.1, -0.05) is 12.2 Å². The Morgan fingerprint density at radius 2 is 2.29 bits per heavy atom. The van der Waals surface area contributed by atoms with Crippen LogP contribution in [0.2, 0.25) is 0 Å². The Morgan fingerprint density at radius 1 is 1.59 bits per heavy atom. The van der Waals surface area contributed by atoms with Gasteiger partial charge in [0.15, 0.2) is 0 Å². The topological polar surface area (TPSA) is 105 Å². The van der Waals surface area contributed by atoms with Crippen LogP contribution in [0.4, 0.5) is 5.82 Å². The van der Waals surface area contributed by atoms with E-state index in [0.29, 0.717) is 12.1 Å². The number of nitrogen functional groups attached to an aromatic ring is 1. The summed E-state index contributed by atoms with van der Waals surface area (Å²) in [5, 5.41) is 11.4. The highest BCUT2D eigenvalue weighted by Gasteiger charge is 2.08. The van der Waals surface area contributed by atoms with E-state index in [9.17, 15) is 9.59 Å². The molecule has 0 spiro atoms. The number of aromatic nitrogens is 1. The fraction of sp³-hybridized carbons (Fsp3) is 0.182. The number of rotatable bonds is 4. The van der Waals surface area contributed by atoms with Crippen LogP contribution in [-0.4, -0.2) is 28.5 Å². The van der Waals surface area contributed by atoms with Crippen molar-refractivity contribution in [2.45, 2.75) is 6.92 Å². The van der Waals surface area contributed by atoms with E-state index in [-0.39, 0.29) is 17.3 Å². The smallest absolute Gasteiger partial charge is 0.339 e. The first kappa shape index (κ1) is 12.7. The van der Waals surface area contributed by atoms with Gasteiger partial charge < -0.3 is 16.2 Å². The van der Waals surface area contributed by atoms with Crippen molar-refractivity contribution in [3.63, 3.8) is 0 Å². The van der Waals surface area contributed by atoms with Gasteiger partial charge in [-0.2, -0.15) is 0 Å². The molecule has 0 bridgehead atoms. The number of carboxylic acid groups (broad SMARTS) is 1. The molecule has 0 saturated carbocycles. The van der Waals surface area contributed by atoms with Crippen molar-refractivity contribution < 1.29 is 14.7 Å². The van der Waals surface area contributed by atoms with Crippen molar-refractivity contribution in [3.8, 4) is 0 Å². The molecule has 0 aliphatic heterocycles. The second-order valence-corrected chi connectivity index (χ2v) is 3.35. The van der Waals surface area contributed by atoms with Gasteiger partial charge in [-0.3, -0.25) is 4.79 Å². The van der Waals surface area contributed by atoms with E-state index in [2.05, 4.69) is 10.3 Å². The summed E-state index contributed by atoms with van der Waals surface area (Å²) in [4.78, 5) is 25.2. The zero-order chi connectivity index (χ0) is 12.8. The normalized spacial score (nSPS) is 10.4. The molecule has 6 nitrogen and oxygen atoms in total. The van der Waals surface area contributed by atoms with Gasteiger partial charge in [0.25, 0.3) is 0 Å². The maximum atomic E-state index is 10.8. The average Bonchev–Trinajstić information content (AvgIpc) is 2.25. The second-order valence-electron chi connectivity index (χ2n) is 3.35. The van der Waals surface area contributed by atoms with Crippen LogP contribution < -0.4 is 11.1 Å². The number of carboxylic acids is 1. The van der Waals surface area contributed by atoms with E-state index >= 15 is 0 Å². The van der Waals surface area contributed by atoms with Gasteiger partial charge in [0, 0.05) is 19.7 Å². The predicted octanol–water partition coefficient (Wildman–Crippen LogP) is 0.511. The Kier molecular flexibility index (Phi) is 4.21. The van der Waals surface area contributed by atoms with E-state index in [1.165, 1.54) is 19.2 Å². The number of nitrogens with one attached hydrogen (secondary N) is 1. The van der Waals surface area contributed by atoms with Crippen LogP contribution in [0.5, 0.6) is 0 Å². The van der Waals surface area contributed by atoms with Crippen LogP contribution in [0, 0.1) is 0 Å². The van der Waals surface area contributed by atoms with Gasteiger partial charge >= 0.3 is 5.97 Å². The lowest BCUT2D eigenvalue weighted by Gasteiger charge is -2.01. The third-order valence-electron chi connectivity index (χ3n) is 1.95. The van der Waals surface area contributed by atoms with E-state index in [1.807, 2.05) is 0 Å². The first-order valence-electron chi connectivity index (χ1n) is 4.90. The molecule has 1 aromatic heterocycles. The number of hydrogen-bond acceptors (Lipinski definition) is 4. The van der Waals surface area contributed by atoms with E-state index in [1.54, 1.807) is 12.2 Å². The van der Waals surface area contributed by atoms with Crippen LogP contribution in [0.3, 0.4) is 0 Å². The molecule has 0 aliphatic rings. The molecule has 0 saturated heterocycles. The van der Waals surface area contributed by atoms with Gasteiger partial charge in [-0.25, -0.2) is 9.78 Å². The summed E-state index contributed by atoms with van der Waals surface area (Å²) in [5.74, 6) is -1.26. The maximum Gasteiger partial charge on any atom is 0.339 e. The fourth-order valence-corrected chi connectivity index (χ4v) is 1.15. The van der Waals surface area contributed by atoms with Gasteiger partial charge in [0.05, 0.1) is 0 Å². The maximum absolute atomic E-state index is 10.8. The summed E-state index contributed by atoms with van der Waals surface area (Å²) < 4.78 is 0. The Labute approximate surface area is 98.2 Å². The number of aromatic carboxylic acids is 1. The van der Waals surface area contributed by atoms with Crippen LogP contribution in [0.25, 0.3) is 6.08 Å². The standard InChI is InChI=1S/C11H13N3O3/c1-7(15)13-4-2-3-8-5-9(11(16)17)10(12)14-6-8/h2-3,5-6H,4H2,1H3,(H2,12,14)(H,13,15)(H,16,17). The van der Waals surface area contributed by atoms with Crippen LogP contribution in [-0.2, 0) is 4.79 Å². The summed E-state index contributed by atoms with van der Waals surface area (Å²) >= 11 is 0. The molecule has 0 aromatic carbocycles. The largest absolute Gasteiger partial charge is 0.478 e. The van der Waals surface area contributed by atoms with Gasteiger partial charge in [-0.15, -0.1) is 0 Å². The molecule has 17 heavy (non-hydrogen) atoms. The van der Waals surface area contributed by atoms with E-state index in [4.69, 9.17) is 10.8 Å². The average molecular weight is 235 g/mol. The molecule has 90 valence electrons. The summed E-state index contributed by atoms with van der Waals surface area (Å²) in [7, 11) is 0. The van der Waals surface area contributed by atoms with Crippen LogP contribution in [0.1, 0.15) is 22.8 Å². The third-order valence-corrected chi connectivity index (χ3v) is 1.95. The van der Waals surface area contributed by atoms with Gasteiger partial charge in [0.1, 0.15) is 11.4 Å². The van der Waals surface area contributed by atoms with Crippen molar-refractivity contribution >= 4 is 23.8 Å². The zero-order valence-electron chi connectivity index (χ0n) is 9.30. The van der Waals surface area contributed by atoms with Crippen molar-refractivity contribution in [3.05, 3.63) is 29.5 Å².